The van der Waals surface area contributed by atoms with Crippen molar-refractivity contribution in [2.24, 2.45) is 0 Å². The molecule has 2 heterocycles. The van der Waals surface area contributed by atoms with Crippen molar-refractivity contribution < 1.29 is 14.6 Å². The fraction of sp³-hybridized carbons (Fsp3) is 0.474. The molecule has 0 aliphatic carbocycles. The van der Waals surface area contributed by atoms with Crippen LogP contribution < -0.4 is 4.74 Å². The molecule has 1 fully saturated rings. The van der Waals surface area contributed by atoms with Crippen LogP contribution in [0.2, 0.25) is 0 Å². The Morgan fingerprint density at radius 1 is 1.32 bits per heavy atom. The maximum atomic E-state index is 12.9. The number of hydrogen-bond acceptors (Lipinski definition) is 4. The highest BCUT2D eigenvalue weighted by Gasteiger charge is 2.28. The van der Waals surface area contributed by atoms with Crippen LogP contribution >= 0.6 is 0 Å². The number of nitrogens with zero attached hydrogens (tertiary/aromatic N) is 3. The first-order valence-electron chi connectivity index (χ1n) is 8.77. The van der Waals surface area contributed by atoms with Gasteiger partial charge < -0.3 is 14.7 Å². The van der Waals surface area contributed by atoms with Crippen molar-refractivity contribution in [2.75, 3.05) is 20.3 Å². The van der Waals surface area contributed by atoms with Gasteiger partial charge in [0, 0.05) is 24.9 Å². The molecule has 6 heteroatoms. The molecule has 0 radical (unpaired) electrons. The van der Waals surface area contributed by atoms with Gasteiger partial charge in [0.05, 0.1) is 12.8 Å². The predicted molar refractivity (Wildman–Crippen MR) is 95.2 cm³/mol. The lowest BCUT2D eigenvalue weighted by atomic mass is 9.99. The third-order valence-corrected chi connectivity index (χ3v) is 4.77. The molecule has 3 rings (SSSR count). The molecule has 0 spiro atoms. The minimum absolute atomic E-state index is 0.0477. The van der Waals surface area contributed by atoms with Crippen molar-refractivity contribution in [1.29, 1.82) is 0 Å². The number of carbonyl (C=O) groups excluding carboxylic acids is 1. The molecule has 1 atom stereocenters. The second-order valence-corrected chi connectivity index (χ2v) is 6.44. The van der Waals surface area contributed by atoms with Gasteiger partial charge in [0.15, 0.2) is 5.69 Å². The molecule has 25 heavy (non-hydrogen) atoms. The maximum absolute atomic E-state index is 12.9. The van der Waals surface area contributed by atoms with Gasteiger partial charge in [0.25, 0.3) is 5.91 Å². The van der Waals surface area contributed by atoms with Crippen molar-refractivity contribution in [1.82, 2.24) is 14.7 Å². The van der Waals surface area contributed by atoms with E-state index in [1.54, 1.807) is 11.8 Å². The summed E-state index contributed by atoms with van der Waals surface area (Å²) in [6, 6.07) is 9.53. The number of piperidine rings is 1. The van der Waals surface area contributed by atoms with Gasteiger partial charge in [-0.3, -0.25) is 4.79 Å². The van der Waals surface area contributed by atoms with Crippen LogP contribution in [0.1, 0.15) is 41.9 Å². The summed E-state index contributed by atoms with van der Waals surface area (Å²) in [4.78, 5) is 14.8. The van der Waals surface area contributed by atoms with Gasteiger partial charge in [-0.25, -0.2) is 4.68 Å². The Labute approximate surface area is 148 Å². The van der Waals surface area contributed by atoms with Gasteiger partial charge in [0.1, 0.15) is 5.75 Å². The lowest BCUT2D eigenvalue weighted by molar-refractivity contribution is 0.0568. The Bertz CT molecular complexity index is 722. The van der Waals surface area contributed by atoms with E-state index in [1.807, 2.05) is 42.2 Å². The molecule has 1 aromatic carbocycles. The molecule has 1 N–H and O–H groups in total. The largest absolute Gasteiger partial charge is 0.497 e. The second-order valence-electron chi connectivity index (χ2n) is 6.44. The zero-order valence-electron chi connectivity index (χ0n) is 14.8. The quantitative estimate of drug-likeness (QED) is 0.906. The third-order valence-electron chi connectivity index (χ3n) is 4.77. The number of amides is 1. The third kappa shape index (κ3) is 3.69. The Balaban J connectivity index is 1.84. The van der Waals surface area contributed by atoms with E-state index >= 15 is 0 Å². The highest BCUT2D eigenvalue weighted by Crippen LogP contribution is 2.23. The first kappa shape index (κ1) is 17.5. The highest BCUT2D eigenvalue weighted by atomic mass is 16.5. The number of ether oxygens (including phenoxy) is 1. The molecule has 2 aromatic rings. The van der Waals surface area contributed by atoms with Crippen molar-refractivity contribution in [2.45, 2.75) is 38.6 Å². The van der Waals surface area contributed by atoms with Crippen LogP contribution in [-0.2, 0) is 0 Å². The molecule has 134 valence electrons. The van der Waals surface area contributed by atoms with Crippen LogP contribution in [0.4, 0.5) is 0 Å². The molecule has 1 aliphatic heterocycles. The van der Waals surface area contributed by atoms with E-state index < -0.39 is 0 Å². The van der Waals surface area contributed by atoms with Crippen LogP contribution in [0.15, 0.2) is 30.3 Å². The number of aliphatic hydroxyl groups excluding tert-OH is 1. The van der Waals surface area contributed by atoms with Gasteiger partial charge in [-0.2, -0.15) is 5.10 Å². The van der Waals surface area contributed by atoms with Gasteiger partial charge in [-0.1, -0.05) is 0 Å². The molecular weight excluding hydrogens is 318 g/mol. The van der Waals surface area contributed by atoms with Crippen LogP contribution in [0.5, 0.6) is 5.75 Å². The normalized spacial score (nSPS) is 17.6. The molecule has 0 bridgehead atoms. The lowest BCUT2D eigenvalue weighted by Crippen LogP contribution is -2.44. The van der Waals surface area contributed by atoms with Gasteiger partial charge in [0.2, 0.25) is 0 Å². The summed E-state index contributed by atoms with van der Waals surface area (Å²) in [5.74, 6) is 0.735. The van der Waals surface area contributed by atoms with E-state index in [1.165, 1.54) is 0 Å². The summed E-state index contributed by atoms with van der Waals surface area (Å²) < 4.78 is 6.96. The molecule has 1 unspecified atom stereocenters. The molecule has 1 aromatic heterocycles. The minimum atomic E-state index is -0.0477. The predicted octanol–water partition coefficient (Wildman–Crippen LogP) is 2.57. The average Bonchev–Trinajstić information content (AvgIpc) is 3.04. The summed E-state index contributed by atoms with van der Waals surface area (Å²) in [5.41, 5.74) is 2.25. The SMILES string of the molecule is COc1ccc(-n2nc(C(=O)N3CCCCC3CCO)cc2C)cc1. The monoisotopic (exact) mass is 343 g/mol. The van der Waals surface area contributed by atoms with Crippen molar-refractivity contribution in [3.63, 3.8) is 0 Å². The number of rotatable bonds is 5. The summed E-state index contributed by atoms with van der Waals surface area (Å²) >= 11 is 0. The van der Waals surface area contributed by atoms with Gasteiger partial charge in [-0.05, 0) is 62.9 Å². The van der Waals surface area contributed by atoms with Crippen molar-refractivity contribution in [3.05, 3.63) is 41.7 Å². The number of aromatic nitrogens is 2. The summed E-state index contributed by atoms with van der Waals surface area (Å²) in [5, 5.41) is 13.8. The lowest BCUT2D eigenvalue weighted by Gasteiger charge is -2.35. The summed E-state index contributed by atoms with van der Waals surface area (Å²) in [6.45, 7) is 2.78. The molecular formula is C19H25N3O3. The Hall–Kier alpha value is -2.34. The summed E-state index contributed by atoms with van der Waals surface area (Å²) in [7, 11) is 1.63. The first-order chi connectivity index (χ1) is 12.1. The highest BCUT2D eigenvalue weighted by molar-refractivity contribution is 5.92. The number of benzene rings is 1. The first-order valence-corrected chi connectivity index (χ1v) is 8.77. The smallest absolute Gasteiger partial charge is 0.274 e. The second kappa shape index (κ2) is 7.70. The van der Waals surface area contributed by atoms with Crippen molar-refractivity contribution >= 4 is 5.91 Å². The van der Waals surface area contributed by atoms with Gasteiger partial charge in [-0.15, -0.1) is 0 Å². The molecule has 0 saturated carbocycles. The fourth-order valence-electron chi connectivity index (χ4n) is 3.43. The summed E-state index contributed by atoms with van der Waals surface area (Å²) in [6.07, 6.45) is 3.69. The Morgan fingerprint density at radius 2 is 2.08 bits per heavy atom. The molecule has 1 saturated heterocycles. The number of methoxy groups -OCH3 is 1. The Kier molecular flexibility index (Phi) is 5.38. The zero-order chi connectivity index (χ0) is 17.8. The number of likely N-dealkylation sites (tertiary alicyclic amines) is 1. The minimum Gasteiger partial charge on any atom is -0.497 e. The molecule has 6 nitrogen and oxygen atoms in total. The zero-order valence-corrected chi connectivity index (χ0v) is 14.8. The van der Waals surface area contributed by atoms with Crippen LogP contribution in [-0.4, -0.2) is 52.0 Å². The van der Waals surface area contributed by atoms with E-state index in [4.69, 9.17) is 4.74 Å². The van der Waals surface area contributed by atoms with Crippen LogP contribution in [0, 0.1) is 6.92 Å². The standard InChI is InChI=1S/C19H25N3O3/c1-14-13-18(19(24)21-11-4-3-5-15(21)10-12-23)20-22(14)16-6-8-17(25-2)9-7-16/h6-9,13,15,23H,3-5,10-12H2,1-2H3. The van der Waals surface area contributed by atoms with Crippen LogP contribution in [0.3, 0.4) is 0 Å². The Morgan fingerprint density at radius 3 is 2.76 bits per heavy atom. The number of aliphatic hydroxyl groups is 1. The van der Waals surface area contributed by atoms with Crippen molar-refractivity contribution in [3.8, 4) is 11.4 Å². The van der Waals surface area contributed by atoms with E-state index in [-0.39, 0.29) is 18.6 Å². The topological polar surface area (TPSA) is 67.6 Å². The molecule has 1 aliphatic rings. The number of hydrogen-bond donors (Lipinski definition) is 1. The van der Waals surface area contributed by atoms with E-state index in [9.17, 15) is 9.90 Å². The number of carbonyl (C=O) groups is 1. The van der Waals surface area contributed by atoms with Gasteiger partial charge >= 0.3 is 0 Å². The average molecular weight is 343 g/mol. The van der Waals surface area contributed by atoms with Crippen LogP contribution in [0.25, 0.3) is 5.69 Å². The maximum Gasteiger partial charge on any atom is 0.274 e. The van der Waals surface area contributed by atoms with E-state index in [0.717, 1.165) is 42.9 Å². The number of aryl methyl sites for hydroxylation is 1. The fourth-order valence-corrected chi connectivity index (χ4v) is 3.43. The van der Waals surface area contributed by atoms with E-state index in [2.05, 4.69) is 5.10 Å². The molecule has 1 amide bonds. The van der Waals surface area contributed by atoms with E-state index in [0.29, 0.717) is 12.1 Å².